The van der Waals surface area contributed by atoms with E-state index in [1.165, 1.54) is 12.3 Å². The van der Waals surface area contributed by atoms with Gasteiger partial charge in [-0.1, -0.05) is 30.3 Å². The number of anilines is 1. The first-order valence-electron chi connectivity index (χ1n) is 11.0. The summed E-state index contributed by atoms with van der Waals surface area (Å²) in [5.74, 6) is -3.21. The SMILES string of the molecule is COC(=O)C1=C(C(=O)OC)N(c2cc(F)ccc2OCc2ccco2)C(N)=C(C#N)C1c1ccccc1. The number of benzene rings is 2. The lowest BCUT2D eigenvalue weighted by Gasteiger charge is -2.36. The van der Waals surface area contributed by atoms with Crippen molar-refractivity contribution in [1.29, 1.82) is 5.26 Å². The number of nitrogens with zero attached hydrogens (tertiary/aromatic N) is 2. The highest BCUT2D eigenvalue weighted by Gasteiger charge is 2.43. The van der Waals surface area contributed by atoms with Crippen molar-refractivity contribution >= 4 is 17.6 Å². The number of ether oxygens (including phenoxy) is 3. The van der Waals surface area contributed by atoms with Crippen molar-refractivity contribution in [3.8, 4) is 11.8 Å². The Morgan fingerprint density at radius 1 is 1.08 bits per heavy atom. The number of allylic oxidation sites excluding steroid dienone is 1. The van der Waals surface area contributed by atoms with Gasteiger partial charge in [0, 0.05) is 6.07 Å². The van der Waals surface area contributed by atoms with E-state index >= 15 is 0 Å². The third kappa shape index (κ3) is 4.75. The molecule has 188 valence electrons. The molecule has 0 saturated carbocycles. The third-order valence-electron chi connectivity index (χ3n) is 5.72. The van der Waals surface area contributed by atoms with E-state index in [1.807, 2.05) is 6.07 Å². The predicted octanol–water partition coefficient (Wildman–Crippen LogP) is 3.90. The normalized spacial score (nSPS) is 15.3. The number of hydrogen-bond donors (Lipinski definition) is 1. The van der Waals surface area contributed by atoms with Crippen molar-refractivity contribution in [2.75, 3.05) is 19.1 Å². The van der Waals surface area contributed by atoms with E-state index in [0.717, 1.165) is 31.3 Å². The van der Waals surface area contributed by atoms with E-state index in [0.29, 0.717) is 11.3 Å². The summed E-state index contributed by atoms with van der Waals surface area (Å²) in [6, 6.07) is 17.5. The molecule has 2 aromatic carbocycles. The van der Waals surface area contributed by atoms with Crippen LogP contribution in [0.1, 0.15) is 17.2 Å². The van der Waals surface area contributed by atoms with Crippen molar-refractivity contribution in [3.63, 3.8) is 0 Å². The minimum absolute atomic E-state index is 0.0258. The van der Waals surface area contributed by atoms with E-state index in [-0.39, 0.29) is 40.7 Å². The van der Waals surface area contributed by atoms with Crippen LogP contribution in [0.25, 0.3) is 0 Å². The number of furan rings is 1. The van der Waals surface area contributed by atoms with Crippen LogP contribution >= 0.6 is 0 Å². The van der Waals surface area contributed by atoms with Gasteiger partial charge < -0.3 is 24.4 Å². The number of rotatable bonds is 7. The molecule has 0 saturated heterocycles. The fourth-order valence-corrected chi connectivity index (χ4v) is 4.09. The van der Waals surface area contributed by atoms with Crippen LogP contribution in [0.3, 0.4) is 0 Å². The number of hydrogen-bond acceptors (Lipinski definition) is 9. The molecule has 1 aliphatic rings. The molecule has 1 unspecified atom stereocenters. The molecule has 1 aromatic heterocycles. The summed E-state index contributed by atoms with van der Waals surface area (Å²) in [7, 11) is 2.27. The molecule has 0 aliphatic carbocycles. The Kier molecular flexibility index (Phi) is 7.25. The number of esters is 2. The first kappa shape index (κ1) is 25.1. The highest BCUT2D eigenvalue weighted by Crippen LogP contribution is 2.45. The maximum absolute atomic E-state index is 14.5. The second-order valence-electron chi connectivity index (χ2n) is 7.82. The Labute approximate surface area is 211 Å². The Balaban J connectivity index is 1.99. The van der Waals surface area contributed by atoms with Gasteiger partial charge in [0.25, 0.3) is 0 Å². The maximum Gasteiger partial charge on any atom is 0.355 e. The summed E-state index contributed by atoms with van der Waals surface area (Å²) in [5, 5.41) is 10.1. The Bertz CT molecular complexity index is 1420. The Morgan fingerprint density at radius 2 is 1.81 bits per heavy atom. The Morgan fingerprint density at radius 3 is 2.43 bits per heavy atom. The molecule has 9 nitrogen and oxygen atoms in total. The first-order valence-corrected chi connectivity index (χ1v) is 11.0. The summed E-state index contributed by atoms with van der Waals surface area (Å²) in [4.78, 5) is 27.4. The highest BCUT2D eigenvalue weighted by atomic mass is 19.1. The summed E-state index contributed by atoms with van der Waals surface area (Å²) >= 11 is 0. The second-order valence-corrected chi connectivity index (χ2v) is 7.82. The minimum atomic E-state index is -1.05. The van der Waals surface area contributed by atoms with Gasteiger partial charge in [-0.05, 0) is 29.8 Å². The number of nitriles is 1. The number of carbonyl (C=O) groups is 2. The van der Waals surface area contributed by atoms with Crippen LogP contribution in [0.4, 0.5) is 10.1 Å². The van der Waals surface area contributed by atoms with Crippen molar-refractivity contribution in [2.45, 2.75) is 12.5 Å². The molecule has 0 amide bonds. The molecule has 0 spiro atoms. The van der Waals surface area contributed by atoms with Crippen LogP contribution < -0.4 is 15.4 Å². The van der Waals surface area contributed by atoms with Gasteiger partial charge in [0.2, 0.25) is 0 Å². The van der Waals surface area contributed by atoms with Gasteiger partial charge >= 0.3 is 11.9 Å². The van der Waals surface area contributed by atoms with E-state index in [9.17, 15) is 19.2 Å². The molecular weight excluding hydrogens is 481 g/mol. The molecule has 3 aromatic rings. The monoisotopic (exact) mass is 503 g/mol. The largest absolute Gasteiger partial charge is 0.483 e. The predicted molar refractivity (Wildman–Crippen MR) is 129 cm³/mol. The molecule has 2 heterocycles. The number of methoxy groups -OCH3 is 2. The van der Waals surface area contributed by atoms with Gasteiger partial charge in [0.1, 0.15) is 35.5 Å². The summed E-state index contributed by atoms with van der Waals surface area (Å²) < 4.78 is 35.7. The van der Waals surface area contributed by atoms with Gasteiger partial charge in [-0.15, -0.1) is 0 Å². The van der Waals surface area contributed by atoms with Crippen LogP contribution in [0, 0.1) is 17.1 Å². The molecule has 10 heteroatoms. The zero-order valence-corrected chi connectivity index (χ0v) is 19.9. The second kappa shape index (κ2) is 10.7. The molecule has 37 heavy (non-hydrogen) atoms. The fourth-order valence-electron chi connectivity index (χ4n) is 4.09. The zero-order chi connectivity index (χ0) is 26.5. The lowest BCUT2D eigenvalue weighted by molar-refractivity contribution is -0.139. The zero-order valence-electron chi connectivity index (χ0n) is 19.9. The van der Waals surface area contributed by atoms with Crippen molar-refractivity contribution < 1.29 is 32.6 Å². The smallest absolute Gasteiger partial charge is 0.355 e. The summed E-state index contributed by atoms with van der Waals surface area (Å²) in [5.41, 5.74) is 6.36. The molecule has 1 atom stereocenters. The van der Waals surface area contributed by atoms with Crippen LogP contribution in [-0.4, -0.2) is 26.2 Å². The number of halogens is 1. The minimum Gasteiger partial charge on any atom is -0.483 e. The highest BCUT2D eigenvalue weighted by molar-refractivity contribution is 6.06. The molecule has 4 rings (SSSR count). The van der Waals surface area contributed by atoms with Gasteiger partial charge in [-0.2, -0.15) is 5.26 Å². The maximum atomic E-state index is 14.5. The third-order valence-corrected chi connectivity index (χ3v) is 5.72. The lowest BCUT2D eigenvalue weighted by atomic mass is 9.81. The van der Waals surface area contributed by atoms with Gasteiger partial charge in [-0.25, -0.2) is 14.0 Å². The number of carbonyl (C=O) groups excluding carboxylic acids is 2. The first-order chi connectivity index (χ1) is 17.9. The van der Waals surface area contributed by atoms with Crippen LogP contribution in [-0.2, 0) is 25.7 Å². The standard InChI is InChI=1S/C27H22FN3O6/c1-34-26(32)23-22(16-7-4-3-5-8-16)19(14-29)25(30)31(24(23)27(33)35-2)20-13-17(28)10-11-21(20)37-15-18-9-6-12-36-18/h3-13,22H,15,30H2,1-2H3. The molecule has 0 fully saturated rings. The van der Waals surface area contributed by atoms with Crippen molar-refractivity contribution in [2.24, 2.45) is 5.73 Å². The molecule has 2 N–H and O–H groups in total. The quantitative estimate of drug-likeness (QED) is 0.478. The van der Waals surface area contributed by atoms with Crippen molar-refractivity contribution in [1.82, 2.24) is 0 Å². The van der Waals surface area contributed by atoms with Crippen molar-refractivity contribution in [3.05, 3.63) is 107 Å². The fraction of sp³-hybridized carbons (Fsp3) is 0.148. The van der Waals surface area contributed by atoms with Crippen LogP contribution in [0.2, 0.25) is 0 Å². The summed E-state index contributed by atoms with van der Waals surface area (Å²) in [6.07, 6.45) is 1.47. The van der Waals surface area contributed by atoms with Gasteiger partial charge in [-0.3, -0.25) is 4.90 Å². The van der Waals surface area contributed by atoms with Gasteiger partial charge in [0.15, 0.2) is 0 Å². The van der Waals surface area contributed by atoms with Crippen LogP contribution in [0.5, 0.6) is 5.75 Å². The summed E-state index contributed by atoms with van der Waals surface area (Å²) in [6.45, 7) is -0.0258. The average Bonchev–Trinajstić information content (AvgIpc) is 3.45. The molecule has 0 bridgehead atoms. The topological polar surface area (TPSA) is 128 Å². The molecule has 1 aliphatic heterocycles. The van der Waals surface area contributed by atoms with E-state index in [2.05, 4.69) is 0 Å². The van der Waals surface area contributed by atoms with Gasteiger partial charge in [0.05, 0.1) is 49.3 Å². The van der Waals surface area contributed by atoms with Crippen LogP contribution in [0.15, 0.2) is 94.0 Å². The molecular formula is C27H22FN3O6. The molecule has 0 radical (unpaired) electrons. The lowest BCUT2D eigenvalue weighted by Crippen LogP contribution is -2.41. The van der Waals surface area contributed by atoms with E-state index in [4.69, 9.17) is 24.4 Å². The van der Waals surface area contributed by atoms with E-state index in [1.54, 1.807) is 42.5 Å². The average molecular weight is 503 g/mol. The Hall–Kier alpha value is -5.04. The van der Waals surface area contributed by atoms with E-state index < -0.39 is 23.7 Å². The number of nitrogens with two attached hydrogens (primary N) is 1.